The van der Waals surface area contributed by atoms with Crippen molar-refractivity contribution in [1.29, 1.82) is 0 Å². The summed E-state index contributed by atoms with van der Waals surface area (Å²) in [4.78, 5) is 64.9. The van der Waals surface area contributed by atoms with Crippen molar-refractivity contribution < 1.29 is 33.4 Å². The first kappa shape index (κ1) is 34.3. The van der Waals surface area contributed by atoms with Crippen LogP contribution < -0.4 is 16.0 Å². The van der Waals surface area contributed by atoms with Crippen LogP contribution >= 0.6 is 0 Å². The molecule has 46 heavy (non-hydrogen) atoms. The van der Waals surface area contributed by atoms with Gasteiger partial charge in [0.1, 0.15) is 18.6 Å². The molecule has 4 rings (SSSR count). The standard InChI is InChI=1S/C36H43N3O7/c1-2-46-33(41)22-37-36(44)34(42)31(24-45-23-26-14-7-4-8-15-26)39-35(43)30(20-25-12-5-3-6-13-25)38-32(40)21-28-18-11-17-27-16-9-10-19-29(27)28/h4,7-11,14-19,25,30-31H,2-3,5-6,12-13,20-24H2,1H3,(H,37,44)(H,38,40)(H,39,43)/t30-,31+/m1/s1. The van der Waals surface area contributed by atoms with Gasteiger partial charge in [-0.3, -0.25) is 24.0 Å². The summed E-state index contributed by atoms with van der Waals surface area (Å²) < 4.78 is 10.6. The first-order valence-corrected chi connectivity index (χ1v) is 16.0. The van der Waals surface area contributed by atoms with Crippen molar-refractivity contribution >= 4 is 40.2 Å². The average molecular weight is 630 g/mol. The number of fused-ring (bicyclic) bond motifs is 1. The number of carbonyl (C=O) groups excluding carboxylic acids is 5. The number of ketones is 1. The summed E-state index contributed by atoms with van der Waals surface area (Å²) >= 11 is 0. The highest BCUT2D eigenvalue weighted by molar-refractivity contribution is 6.38. The number of rotatable bonds is 16. The summed E-state index contributed by atoms with van der Waals surface area (Å²) in [6, 6.07) is 20.6. The van der Waals surface area contributed by atoms with Gasteiger partial charge in [0.05, 0.1) is 26.2 Å². The van der Waals surface area contributed by atoms with Crippen LogP contribution in [-0.4, -0.2) is 61.3 Å². The van der Waals surface area contributed by atoms with Crippen LogP contribution in [0.25, 0.3) is 10.8 Å². The fourth-order valence-corrected chi connectivity index (χ4v) is 5.79. The fourth-order valence-electron chi connectivity index (χ4n) is 5.79. The van der Waals surface area contributed by atoms with Gasteiger partial charge in [0, 0.05) is 0 Å². The van der Waals surface area contributed by atoms with E-state index in [-0.39, 0.29) is 38.1 Å². The maximum atomic E-state index is 13.8. The zero-order chi connectivity index (χ0) is 32.7. The molecular formula is C36H43N3O7. The molecule has 1 saturated carbocycles. The lowest BCUT2D eigenvalue weighted by atomic mass is 9.84. The molecule has 10 heteroatoms. The first-order chi connectivity index (χ1) is 22.3. The summed E-state index contributed by atoms with van der Waals surface area (Å²) in [6.45, 7) is 1.14. The number of nitrogens with one attached hydrogen (secondary N) is 3. The van der Waals surface area contributed by atoms with E-state index >= 15 is 0 Å². The average Bonchev–Trinajstić information content (AvgIpc) is 3.07. The molecule has 3 amide bonds. The summed E-state index contributed by atoms with van der Waals surface area (Å²) in [6.07, 6.45) is 5.62. The van der Waals surface area contributed by atoms with Crippen molar-refractivity contribution in [3.05, 3.63) is 83.9 Å². The second-order valence-corrected chi connectivity index (χ2v) is 11.6. The predicted molar refractivity (Wildman–Crippen MR) is 173 cm³/mol. The summed E-state index contributed by atoms with van der Waals surface area (Å²) in [5.74, 6) is -3.36. The van der Waals surface area contributed by atoms with Crippen LogP contribution in [0.4, 0.5) is 0 Å². The van der Waals surface area contributed by atoms with Crippen LogP contribution in [-0.2, 0) is 46.5 Å². The SMILES string of the molecule is CCOC(=O)CNC(=O)C(=O)[C@H](COCc1ccccc1)NC(=O)[C@@H](CC1CCCCC1)NC(=O)Cc1cccc2ccccc12. The molecule has 3 aromatic rings. The van der Waals surface area contributed by atoms with E-state index in [0.29, 0.717) is 6.42 Å². The van der Waals surface area contributed by atoms with Crippen molar-refractivity contribution in [2.75, 3.05) is 19.8 Å². The van der Waals surface area contributed by atoms with Gasteiger partial charge in [-0.2, -0.15) is 0 Å². The van der Waals surface area contributed by atoms with Crippen LogP contribution in [0.5, 0.6) is 0 Å². The molecule has 0 aromatic heterocycles. The Kier molecular flexibility index (Phi) is 13.3. The van der Waals surface area contributed by atoms with Gasteiger partial charge in [-0.05, 0) is 41.2 Å². The lowest BCUT2D eigenvalue weighted by Gasteiger charge is -2.28. The third-order valence-electron chi connectivity index (χ3n) is 8.13. The van der Waals surface area contributed by atoms with Crippen LogP contribution in [0.1, 0.15) is 56.6 Å². The third-order valence-corrected chi connectivity index (χ3v) is 8.13. The monoisotopic (exact) mass is 629 g/mol. The minimum absolute atomic E-state index is 0.0780. The largest absolute Gasteiger partial charge is 0.465 e. The van der Waals surface area contributed by atoms with Gasteiger partial charge in [-0.15, -0.1) is 0 Å². The second kappa shape index (κ2) is 17.8. The van der Waals surface area contributed by atoms with Gasteiger partial charge in [-0.1, -0.05) is 105 Å². The van der Waals surface area contributed by atoms with Gasteiger partial charge in [0.15, 0.2) is 0 Å². The smallest absolute Gasteiger partial charge is 0.325 e. The minimum atomic E-state index is -1.35. The topological polar surface area (TPSA) is 140 Å². The van der Waals surface area contributed by atoms with Gasteiger partial charge >= 0.3 is 5.97 Å². The van der Waals surface area contributed by atoms with Crippen LogP contribution in [0.3, 0.4) is 0 Å². The maximum absolute atomic E-state index is 13.8. The molecule has 3 N–H and O–H groups in total. The van der Waals surface area contributed by atoms with E-state index < -0.39 is 42.2 Å². The molecule has 0 bridgehead atoms. The Balaban J connectivity index is 1.48. The molecule has 10 nitrogen and oxygen atoms in total. The molecular weight excluding hydrogens is 586 g/mol. The minimum Gasteiger partial charge on any atom is -0.465 e. The molecule has 0 radical (unpaired) electrons. The number of esters is 1. The number of hydrogen-bond acceptors (Lipinski definition) is 7. The van der Waals surface area contributed by atoms with E-state index in [0.717, 1.165) is 54.0 Å². The van der Waals surface area contributed by atoms with Crippen molar-refractivity contribution in [2.45, 2.75) is 70.6 Å². The predicted octanol–water partition coefficient (Wildman–Crippen LogP) is 3.79. The number of amides is 3. The highest BCUT2D eigenvalue weighted by Gasteiger charge is 2.32. The molecule has 1 aliphatic carbocycles. The Hall–Kier alpha value is -4.57. The van der Waals surface area contributed by atoms with E-state index in [2.05, 4.69) is 16.0 Å². The Morgan fingerprint density at radius 2 is 1.54 bits per heavy atom. The van der Waals surface area contributed by atoms with E-state index in [1.54, 1.807) is 6.92 Å². The number of hydrogen-bond donors (Lipinski definition) is 3. The molecule has 2 atom stereocenters. The molecule has 3 aromatic carbocycles. The lowest BCUT2D eigenvalue weighted by molar-refractivity contribution is -0.146. The van der Waals surface area contributed by atoms with E-state index in [1.165, 1.54) is 0 Å². The molecule has 0 saturated heterocycles. The van der Waals surface area contributed by atoms with Gasteiger partial charge in [0.25, 0.3) is 5.91 Å². The molecule has 0 unspecified atom stereocenters. The van der Waals surface area contributed by atoms with Crippen molar-refractivity contribution in [1.82, 2.24) is 16.0 Å². The molecule has 1 aliphatic rings. The second-order valence-electron chi connectivity index (χ2n) is 11.6. The number of carbonyl (C=O) groups is 5. The van der Waals surface area contributed by atoms with Crippen LogP contribution in [0.15, 0.2) is 72.8 Å². The molecule has 0 heterocycles. The van der Waals surface area contributed by atoms with E-state index in [9.17, 15) is 24.0 Å². The normalized spacial score (nSPS) is 14.5. The van der Waals surface area contributed by atoms with E-state index in [4.69, 9.17) is 9.47 Å². The number of ether oxygens (including phenoxy) is 2. The van der Waals surface area contributed by atoms with E-state index in [1.807, 2.05) is 72.8 Å². The Bertz CT molecular complexity index is 1480. The summed E-state index contributed by atoms with van der Waals surface area (Å²) in [5, 5.41) is 9.84. The van der Waals surface area contributed by atoms with Crippen molar-refractivity contribution in [3.8, 4) is 0 Å². The highest BCUT2D eigenvalue weighted by atomic mass is 16.5. The first-order valence-electron chi connectivity index (χ1n) is 16.0. The van der Waals surface area contributed by atoms with Crippen LogP contribution in [0.2, 0.25) is 0 Å². The van der Waals surface area contributed by atoms with Gasteiger partial charge < -0.3 is 25.4 Å². The summed E-state index contributed by atoms with van der Waals surface area (Å²) in [5.41, 5.74) is 1.69. The van der Waals surface area contributed by atoms with Crippen LogP contribution in [0, 0.1) is 5.92 Å². The third kappa shape index (κ3) is 10.5. The van der Waals surface area contributed by atoms with Crippen molar-refractivity contribution in [3.63, 3.8) is 0 Å². The molecule has 1 fully saturated rings. The van der Waals surface area contributed by atoms with Crippen molar-refractivity contribution in [2.24, 2.45) is 5.92 Å². The Labute approximate surface area is 269 Å². The summed E-state index contributed by atoms with van der Waals surface area (Å²) in [7, 11) is 0. The zero-order valence-corrected chi connectivity index (χ0v) is 26.3. The van der Waals surface area contributed by atoms with Gasteiger partial charge in [0.2, 0.25) is 17.6 Å². The maximum Gasteiger partial charge on any atom is 0.325 e. The van der Waals surface area contributed by atoms with Gasteiger partial charge in [-0.25, -0.2) is 0 Å². The molecule has 0 spiro atoms. The zero-order valence-electron chi connectivity index (χ0n) is 26.3. The molecule has 244 valence electrons. The fraction of sp³-hybridized carbons (Fsp3) is 0.417. The number of benzene rings is 3. The highest BCUT2D eigenvalue weighted by Crippen LogP contribution is 2.27. The molecule has 0 aliphatic heterocycles. The number of Topliss-reactive ketones (excluding diaryl/α,β-unsaturated/α-hetero) is 1. The lowest BCUT2D eigenvalue weighted by Crippen LogP contribution is -2.56. The quantitative estimate of drug-likeness (QED) is 0.162. The Morgan fingerprint density at radius 1 is 0.826 bits per heavy atom. The Morgan fingerprint density at radius 3 is 2.30 bits per heavy atom.